The van der Waals surface area contributed by atoms with Gasteiger partial charge < -0.3 is 4.74 Å². The summed E-state index contributed by atoms with van der Waals surface area (Å²) in [6, 6.07) is 11.2. The number of unbranched alkanes of at least 4 members (excludes halogenated alkanes) is 2. The second-order valence-corrected chi connectivity index (χ2v) is 5.54. The third-order valence-electron chi connectivity index (χ3n) is 4.02. The quantitative estimate of drug-likeness (QED) is 0.755. The van der Waals surface area contributed by atoms with Crippen molar-refractivity contribution in [2.24, 2.45) is 5.92 Å². The van der Waals surface area contributed by atoms with E-state index in [0.717, 1.165) is 24.7 Å². The fraction of sp³-hybridized carbons (Fsp3) is 0.625. The molecule has 0 bridgehead atoms. The molecule has 0 aromatic heterocycles. The van der Waals surface area contributed by atoms with Crippen LogP contribution in [0.25, 0.3) is 0 Å². The highest BCUT2D eigenvalue weighted by atomic mass is 35.5. The molecule has 3 nitrogen and oxygen atoms in total. The highest BCUT2D eigenvalue weighted by molar-refractivity contribution is 5.85. The van der Waals surface area contributed by atoms with Crippen LogP contribution in [0.1, 0.15) is 39.5 Å². The lowest BCUT2D eigenvalue weighted by atomic mass is 9.91. The van der Waals surface area contributed by atoms with Crippen molar-refractivity contribution in [1.82, 2.24) is 10.9 Å². The lowest BCUT2D eigenvalue weighted by molar-refractivity contribution is 0.299. The Labute approximate surface area is 128 Å². The van der Waals surface area contributed by atoms with E-state index >= 15 is 0 Å². The zero-order valence-corrected chi connectivity index (χ0v) is 13.3. The Morgan fingerprint density at radius 3 is 2.25 bits per heavy atom. The van der Waals surface area contributed by atoms with Crippen molar-refractivity contribution in [1.29, 1.82) is 0 Å². The van der Waals surface area contributed by atoms with Crippen molar-refractivity contribution in [2.45, 2.75) is 51.6 Å². The number of para-hydroxylation sites is 1. The van der Waals surface area contributed by atoms with Gasteiger partial charge in [0.25, 0.3) is 0 Å². The average Bonchev–Trinajstić information content (AvgIpc) is 2.75. The van der Waals surface area contributed by atoms with Gasteiger partial charge >= 0.3 is 0 Å². The van der Waals surface area contributed by atoms with Crippen molar-refractivity contribution in [3.8, 4) is 5.75 Å². The van der Waals surface area contributed by atoms with Crippen LogP contribution in [0.3, 0.4) is 0 Å². The van der Waals surface area contributed by atoms with Gasteiger partial charge in [0.2, 0.25) is 0 Å². The van der Waals surface area contributed by atoms with Crippen LogP contribution in [-0.4, -0.2) is 18.7 Å². The summed E-state index contributed by atoms with van der Waals surface area (Å²) in [6.45, 7) is 5.36. The summed E-state index contributed by atoms with van der Waals surface area (Å²) in [5.74, 6) is 1.74. The third kappa shape index (κ3) is 5.31. The smallest absolute Gasteiger partial charge is 0.119 e. The maximum absolute atomic E-state index is 5.70. The van der Waals surface area contributed by atoms with Crippen molar-refractivity contribution in [3.05, 3.63) is 30.3 Å². The van der Waals surface area contributed by atoms with Crippen LogP contribution < -0.4 is 15.6 Å². The predicted octanol–water partition coefficient (Wildman–Crippen LogP) is 3.55. The lowest BCUT2D eigenvalue weighted by Gasteiger charge is -2.17. The van der Waals surface area contributed by atoms with Gasteiger partial charge in [-0.05, 0) is 44.7 Å². The molecule has 1 aromatic rings. The topological polar surface area (TPSA) is 33.3 Å². The van der Waals surface area contributed by atoms with Gasteiger partial charge in [-0.3, -0.25) is 10.9 Å². The van der Waals surface area contributed by atoms with Gasteiger partial charge in [-0.15, -0.1) is 12.4 Å². The van der Waals surface area contributed by atoms with Gasteiger partial charge in [-0.2, -0.15) is 0 Å². The minimum absolute atomic E-state index is 0. The molecule has 0 spiro atoms. The van der Waals surface area contributed by atoms with Gasteiger partial charge in [0.05, 0.1) is 6.61 Å². The first kappa shape index (κ1) is 17.3. The molecule has 2 unspecified atom stereocenters. The fourth-order valence-electron chi connectivity index (χ4n) is 2.78. The first-order valence-electron chi connectivity index (χ1n) is 7.46. The molecule has 4 heteroatoms. The van der Waals surface area contributed by atoms with Crippen molar-refractivity contribution >= 4 is 12.4 Å². The van der Waals surface area contributed by atoms with Gasteiger partial charge in [0, 0.05) is 12.1 Å². The van der Waals surface area contributed by atoms with Crippen LogP contribution in [0.5, 0.6) is 5.75 Å². The molecule has 2 atom stereocenters. The zero-order chi connectivity index (χ0) is 13.5. The maximum atomic E-state index is 5.70. The molecule has 1 aromatic carbocycles. The number of nitrogens with one attached hydrogen (secondary N) is 2. The Bertz CT molecular complexity index is 351. The third-order valence-corrected chi connectivity index (χ3v) is 4.02. The Balaban J connectivity index is 0.00000200. The summed E-state index contributed by atoms with van der Waals surface area (Å²) in [7, 11) is 0. The summed E-state index contributed by atoms with van der Waals surface area (Å²) in [4.78, 5) is 0. The fourth-order valence-corrected chi connectivity index (χ4v) is 2.78. The van der Waals surface area contributed by atoms with Crippen LogP contribution in [0.2, 0.25) is 0 Å². The highest BCUT2D eigenvalue weighted by Crippen LogP contribution is 2.21. The molecule has 1 heterocycles. The molecule has 2 N–H and O–H groups in total. The molecule has 2 rings (SSSR count). The molecule has 0 saturated carbocycles. The molecular weight excluding hydrogens is 272 g/mol. The average molecular weight is 299 g/mol. The number of ether oxygens (including phenoxy) is 1. The summed E-state index contributed by atoms with van der Waals surface area (Å²) >= 11 is 0. The minimum Gasteiger partial charge on any atom is -0.494 e. The zero-order valence-electron chi connectivity index (χ0n) is 12.5. The molecule has 0 aliphatic carbocycles. The Morgan fingerprint density at radius 1 is 0.950 bits per heavy atom. The van der Waals surface area contributed by atoms with Crippen molar-refractivity contribution < 1.29 is 4.74 Å². The first-order chi connectivity index (χ1) is 9.27. The van der Waals surface area contributed by atoms with E-state index in [2.05, 4.69) is 24.7 Å². The van der Waals surface area contributed by atoms with E-state index in [9.17, 15) is 0 Å². The molecule has 0 radical (unpaired) electrons. The largest absolute Gasteiger partial charge is 0.494 e. The molecule has 1 aliphatic heterocycles. The summed E-state index contributed by atoms with van der Waals surface area (Å²) in [5, 5.41) is 0. The number of halogens is 1. The Kier molecular flexibility index (Phi) is 7.97. The van der Waals surface area contributed by atoms with E-state index in [1.54, 1.807) is 0 Å². The van der Waals surface area contributed by atoms with E-state index < -0.39 is 0 Å². The molecule has 0 amide bonds. The second kappa shape index (κ2) is 9.22. The Hall–Kier alpha value is -0.770. The van der Waals surface area contributed by atoms with E-state index in [4.69, 9.17) is 4.74 Å². The maximum Gasteiger partial charge on any atom is 0.119 e. The molecular formula is C16H27ClN2O. The molecule has 1 fully saturated rings. The van der Waals surface area contributed by atoms with Gasteiger partial charge in [0.1, 0.15) is 5.75 Å². The van der Waals surface area contributed by atoms with Gasteiger partial charge in [-0.25, -0.2) is 0 Å². The summed E-state index contributed by atoms with van der Waals surface area (Å²) < 4.78 is 5.70. The summed E-state index contributed by atoms with van der Waals surface area (Å²) in [5.41, 5.74) is 6.64. The number of rotatable bonds is 7. The van der Waals surface area contributed by atoms with Crippen molar-refractivity contribution in [3.63, 3.8) is 0 Å². The molecule has 114 valence electrons. The normalized spacial score (nSPS) is 25.2. The number of hydrogen-bond donors (Lipinski definition) is 2. The minimum atomic E-state index is 0. The molecule has 20 heavy (non-hydrogen) atoms. The number of benzene rings is 1. The lowest BCUT2D eigenvalue weighted by Crippen LogP contribution is -2.30. The SMILES string of the molecule is CC1NNC(C)C1CCCCCOc1ccccc1.Cl. The monoisotopic (exact) mass is 298 g/mol. The number of hydrogen-bond acceptors (Lipinski definition) is 3. The van der Waals surface area contributed by atoms with E-state index in [-0.39, 0.29) is 12.4 Å². The van der Waals surface area contributed by atoms with Gasteiger partial charge in [0.15, 0.2) is 0 Å². The Morgan fingerprint density at radius 2 is 1.60 bits per heavy atom. The van der Waals surface area contributed by atoms with Gasteiger partial charge in [-0.1, -0.05) is 31.0 Å². The van der Waals surface area contributed by atoms with Crippen LogP contribution in [0, 0.1) is 5.92 Å². The predicted molar refractivity (Wildman–Crippen MR) is 86.3 cm³/mol. The van der Waals surface area contributed by atoms with Crippen LogP contribution in [-0.2, 0) is 0 Å². The standard InChI is InChI=1S/C16H26N2O.ClH/c1-13-16(14(2)18-17-13)11-7-4-8-12-19-15-9-5-3-6-10-15;/h3,5-6,9-10,13-14,16-18H,4,7-8,11-12H2,1-2H3;1H. The van der Waals surface area contributed by atoms with Crippen molar-refractivity contribution in [2.75, 3.05) is 6.61 Å². The van der Waals surface area contributed by atoms with Crippen LogP contribution in [0.4, 0.5) is 0 Å². The summed E-state index contributed by atoms with van der Waals surface area (Å²) in [6.07, 6.45) is 4.99. The molecule has 1 aliphatic rings. The van der Waals surface area contributed by atoms with E-state index in [0.29, 0.717) is 12.1 Å². The highest BCUT2D eigenvalue weighted by Gasteiger charge is 2.28. The molecule has 1 saturated heterocycles. The van der Waals surface area contributed by atoms with E-state index in [1.807, 2.05) is 30.3 Å². The van der Waals surface area contributed by atoms with Crippen LogP contribution >= 0.6 is 12.4 Å². The number of hydrazine groups is 1. The first-order valence-corrected chi connectivity index (χ1v) is 7.46. The second-order valence-electron chi connectivity index (χ2n) is 5.54. The van der Waals surface area contributed by atoms with E-state index in [1.165, 1.54) is 19.3 Å². The van der Waals surface area contributed by atoms with Crippen LogP contribution in [0.15, 0.2) is 30.3 Å².